The van der Waals surface area contributed by atoms with Crippen LogP contribution in [0.15, 0.2) is 91.1 Å². The summed E-state index contributed by atoms with van der Waals surface area (Å²) in [5.74, 6) is 2.77. The van der Waals surface area contributed by atoms with Crippen LogP contribution >= 0.6 is 0 Å². The maximum absolute atomic E-state index is 5.82. The van der Waals surface area contributed by atoms with Crippen molar-refractivity contribution in [2.75, 3.05) is 28.4 Å². The molecule has 1 aromatic heterocycles. The molecule has 0 aliphatic heterocycles. The van der Waals surface area contributed by atoms with Crippen molar-refractivity contribution in [1.29, 1.82) is 0 Å². The highest BCUT2D eigenvalue weighted by Gasteiger charge is 2.19. The van der Waals surface area contributed by atoms with Gasteiger partial charge in [-0.1, -0.05) is 54.6 Å². The van der Waals surface area contributed by atoms with E-state index >= 15 is 0 Å². The van der Waals surface area contributed by atoms with Gasteiger partial charge in [0.15, 0.2) is 29.2 Å². The van der Waals surface area contributed by atoms with Crippen LogP contribution < -0.4 is 23.5 Å². The zero-order chi connectivity index (χ0) is 25.9. The predicted molar refractivity (Wildman–Crippen MR) is 148 cm³/mol. The van der Waals surface area contributed by atoms with Gasteiger partial charge in [0, 0.05) is 11.1 Å². The molecule has 37 heavy (non-hydrogen) atoms. The minimum atomic E-state index is 0.678. The van der Waals surface area contributed by atoms with E-state index in [1.54, 1.807) is 28.4 Å². The van der Waals surface area contributed by atoms with Gasteiger partial charge in [-0.15, -0.1) is 0 Å². The highest BCUT2D eigenvalue weighted by Crippen LogP contribution is 2.43. The molecule has 0 radical (unpaired) electrons. The first kappa shape index (κ1) is 24.2. The van der Waals surface area contributed by atoms with Crippen molar-refractivity contribution in [1.82, 2.24) is 0 Å². The molecular formula is C32H30NO4+. The Labute approximate surface area is 217 Å². The smallest absolute Gasteiger partial charge is 0.216 e. The van der Waals surface area contributed by atoms with Gasteiger partial charge >= 0.3 is 0 Å². The molecule has 186 valence electrons. The lowest BCUT2D eigenvalue weighted by Gasteiger charge is -2.16. The number of aromatic nitrogens is 1. The minimum Gasteiger partial charge on any atom is -0.493 e. The molecular weight excluding hydrogens is 462 g/mol. The molecule has 5 heteroatoms. The molecule has 0 spiro atoms. The summed E-state index contributed by atoms with van der Waals surface area (Å²) < 4.78 is 24.7. The van der Waals surface area contributed by atoms with Gasteiger partial charge in [0.05, 0.1) is 39.9 Å². The first-order valence-electron chi connectivity index (χ1n) is 12.0. The van der Waals surface area contributed by atoms with Crippen molar-refractivity contribution in [3.63, 3.8) is 0 Å². The normalized spacial score (nSPS) is 10.8. The van der Waals surface area contributed by atoms with Crippen LogP contribution in [0.4, 0.5) is 0 Å². The molecule has 0 fully saturated rings. The van der Waals surface area contributed by atoms with Crippen LogP contribution in [0.25, 0.3) is 44.3 Å². The highest BCUT2D eigenvalue weighted by molar-refractivity contribution is 5.87. The molecule has 0 atom stereocenters. The minimum absolute atomic E-state index is 0.678. The van der Waals surface area contributed by atoms with E-state index in [1.807, 2.05) is 31.3 Å². The van der Waals surface area contributed by atoms with Crippen LogP contribution in [-0.4, -0.2) is 28.4 Å². The standard InChI is InChI=1S/C32H30NO4/c1-33-20-26(15-25-18-29(34-2)30(35-3)19-28(25)33)24-16-27(32(37-5)31(17-24)36-4)23-13-11-22(12-14-23)21-9-7-6-8-10-21/h6-20H,1-5H3/q+1. The fraction of sp³-hybridized carbons (Fsp3) is 0.156. The third kappa shape index (κ3) is 4.56. The fourth-order valence-electron chi connectivity index (χ4n) is 4.76. The monoisotopic (exact) mass is 492 g/mol. The molecule has 0 saturated carbocycles. The largest absolute Gasteiger partial charge is 0.493 e. The number of rotatable bonds is 7. The lowest BCUT2D eigenvalue weighted by atomic mass is 9.95. The third-order valence-corrected chi connectivity index (χ3v) is 6.67. The van der Waals surface area contributed by atoms with Crippen LogP contribution in [0.1, 0.15) is 0 Å². The maximum Gasteiger partial charge on any atom is 0.216 e. The van der Waals surface area contributed by atoms with Crippen LogP contribution in [0.2, 0.25) is 0 Å². The van der Waals surface area contributed by atoms with Gasteiger partial charge in [0.2, 0.25) is 5.52 Å². The number of pyridine rings is 1. The van der Waals surface area contributed by atoms with E-state index in [1.165, 1.54) is 5.56 Å². The van der Waals surface area contributed by atoms with Crippen molar-refractivity contribution in [2.24, 2.45) is 7.05 Å². The predicted octanol–water partition coefficient (Wildman–Crippen LogP) is 6.70. The number of hydrogen-bond acceptors (Lipinski definition) is 4. The quantitative estimate of drug-likeness (QED) is 0.237. The fourth-order valence-corrected chi connectivity index (χ4v) is 4.76. The van der Waals surface area contributed by atoms with E-state index in [2.05, 4.69) is 71.4 Å². The average Bonchev–Trinajstić information content (AvgIpc) is 2.96. The summed E-state index contributed by atoms with van der Waals surface area (Å²) in [4.78, 5) is 0. The Hall–Kier alpha value is -4.51. The number of fused-ring (bicyclic) bond motifs is 1. The molecule has 1 heterocycles. The number of ether oxygens (including phenoxy) is 4. The Balaban J connectivity index is 1.64. The van der Waals surface area contributed by atoms with Gasteiger partial charge in [-0.25, -0.2) is 4.57 Å². The first-order valence-corrected chi connectivity index (χ1v) is 12.0. The molecule has 5 nitrogen and oxygen atoms in total. The Morgan fingerprint density at radius 3 is 1.78 bits per heavy atom. The number of aryl methyl sites for hydroxylation is 1. The van der Waals surface area contributed by atoms with Crippen molar-refractivity contribution in [2.45, 2.75) is 0 Å². The molecule has 0 saturated heterocycles. The summed E-state index contributed by atoms with van der Waals surface area (Å²) >= 11 is 0. The Bertz CT molecular complexity index is 1560. The Kier molecular flexibility index (Phi) is 6.69. The van der Waals surface area contributed by atoms with E-state index in [9.17, 15) is 0 Å². The zero-order valence-electron chi connectivity index (χ0n) is 21.7. The number of benzene rings is 4. The number of methoxy groups -OCH3 is 4. The van der Waals surface area contributed by atoms with E-state index in [0.29, 0.717) is 23.0 Å². The van der Waals surface area contributed by atoms with E-state index in [4.69, 9.17) is 18.9 Å². The van der Waals surface area contributed by atoms with Gasteiger partial charge < -0.3 is 18.9 Å². The molecule has 0 amide bonds. The summed E-state index contributed by atoms with van der Waals surface area (Å²) in [6, 6.07) is 29.2. The van der Waals surface area contributed by atoms with Crippen LogP contribution in [-0.2, 0) is 7.05 Å². The van der Waals surface area contributed by atoms with Crippen molar-refractivity contribution in [3.05, 3.63) is 91.1 Å². The molecule has 0 bridgehead atoms. The average molecular weight is 493 g/mol. The zero-order valence-corrected chi connectivity index (χ0v) is 21.7. The number of nitrogens with zero attached hydrogens (tertiary/aromatic N) is 1. The summed E-state index contributed by atoms with van der Waals surface area (Å²) in [6.07, 6.45) is 2.11. The molecule has 0 unspecified atom stereocenters. The van der Waals surface area contributed by atoms with E-state index < -0.39 is 0 Å². The second-order valence-corrected chi connectivity index (χ2v) is 8.81. The van der Waals surface area contributed by atoms with Crippen molar-refractivity contribution < 1.29 is 23.5 Å². The summed E-state index contributed by atoms with van der Waals surface area (Å²) in [5, 5.41) is 1.04. The lowest BCUT2D eigenvalue weighted by molar-refractivity contribution is -0.644. The summed E-state index contributed by atoms with van der Waals surface area (Å²) in [5.41, 5.74) is 7.47. The SMILES string of the molecule is COc1cc2cc(-c3cc(OC)c(OC)c(-c4ccc(-c5ccccc5)cc4)c3)c[n+](C)c2cc1OC. The molecule has 4 aromatic carbocycles. The third-order valence-electron chi connectivity index (χ3n) is 6.67. The van der Waals surface area contributed by atoms with Gasteiger partial charge in [-0.3, -0.25) is 0 Å². The molecule has 0 N–H and O–H groups in total. The summed E-state index contributed by atoms with van der Waals surface area (Å²) in [6.45, 7) is 0. The van der Waals surface area contributed by atoms with Crippen LogP contribution in [0.3, 0.4) is 0 Å². The Morgan fingerprint density at radius 2 is 1.14 bits per heavy atom. The lowest BCUT2D eigenvalue weighted by Crippen LogP contribution is -2.28. The highest BCUT2D eigenvalue weighted by atomic mass is 16.5. The van der Waals surface area contributed by atoms with Gasteiger partial charge in [0.25, 0.3) is 0 Å². The van der Waals surface area contributed by atoms with Crippen LogP contribution in [0, 0.1) is 0 Å². The van der Waals surface area contributed by atoms with E-state index in [0.717, 1.165) is 38.7 Å². The molecule has 0 aliphatic carbocycles. The van der Waals surface area contributed by atoms with Crippen molar-refractivity contribution >= 4 is 10.9 Å². The molecule has 5 aromatic rings. The maximum atomic E-state index is 5.82. The first-order chi connectivity index (χ1) is 18.1. The molecule has 0 aliphatic rings. The van der Waals surface area contributed by atoms with Crippen LogP contribution in [0.5, 0.6) is 23.0 Å². The molecule has 5 rings (SSSR count). The van der Waals surface area contributed by atoms with Gasteiger partial charge in [-0.2, -0.15) is 0 Å². The second kappa shape index (κ2) is 10.2. The van der Waals surface area contributed by atoms with Crippen molar-refractivity contribution in [3.8, 4) is 56.4 Å². The van der Waals surface area contributed by atoms with Gasteiger partial charge in [-0.05, 0) is 46.5 Å². The topological polar surface area (TPSA) is 40.8 Å². The number of hydrogen-bond donors (Lipinski definition) is 0. The Morgan fingerprint density at radius 1 is 0.514 bits per heavy atom. The van der Waals surface area contributed by atoms with E-state index in [-0.39, 0.29) is 0 Å². The summed E-state index contributed by atoms with van der Waals surface area (Å²) in [7, 11) is 8.67. The second-order valence-electron chi connectivity index (χ2n) is 8.81. The van der Waals surface area contributed by atoms with Gasteiger partial charge in [0.1, 0.15) is 7.05 Å².